The molecule has 1 aliphatic rings. The van der Waals surface area contributed by atoms with Gasteiger partial charge >= 0.3 is 5.97 Å². The monoisotopic (exact) mass is 284 g/mol. The zero-order chi connectivity index (χ0) is 14.0. The highest BCUT2D eigenvalue weighted by Crippen LogP contribution is 2.25. The second kappa shape index (κ2) is 5.85. The standard InChI is InChI=1S/C12H20N4O2S/c1-15-4-3-8(5-15)6-16(2)12-14-9(7-19-12)10(13)11(17)18/h7-8,10H,3-6,13H2,1-2H3,(H,17,18). The van der Waals surface area contributed by atoms with Crippen molar-refractivity contribution in [1.29, 1.82) is 0 Å². The Balaban J connectivity index is 1.96. The Morgan fingerprint density at radius 3 is 3.11 bits per heavy atom. The van der Waals surface area contributed by atoms with Gasteiger partial charge in [-0.25, -0.2) is 4.98 Å². The van der Waals surface area contributed by atoms with E-state index < -0.39 is 12.0 Å². The lowest BCUT2D eigenvalue weighted by molar-refractivity contribution is -0.138. The molecule has 1 fully saturated rings. The quantitative estimate of drug-likeness (QED) is 0.824. The van der Waals surface area contributed by atoms with Crippen LogP contribution in [-0.2, 0) is 4.79 Å². The van der Waals surface area contributed by atoms with Gasteiger partial charge in [-0.3, -0.25) is 4.79 Å². The molecule has 1 aliphatic heterocycles. The zero-order valence-corrected chi connectivity index (χ0v) is 12.1. The molecule has 7 heteroatoms. The Morgan fingerprint density at radius 1 is 1.79 bits per heavy atom. The first-order chi connectivity index (χ1) is 8.97. The highest BCUT2D eigenvalue weighted by atomic mass is 32.1. The van der Waals surface area contributed by atoms with E-state index in [2.05, 4.69) is 21.8 Å². The van der Waals surface area contributed by atoms with Gasteiger partial charge in [-0.2, -0.15) is 0 Å². The minimum atomic E-state index is -1.04. The Hall–Kier alpha value is -1.18. The van der Waals surface area contributed by atoms with Crippen molar-refractivity contribution in [3.63, 3.8) is 0 Å². The van der Waals surface area contributed by atoms with Gasteiger partial charge < -0.3 is 20.6 Å². The van der Waals surface area contributed by atoms with E-state index in [4.69, 9.17) is 10.8 Å². The van der Waals surface area contributed by atoms with Crippen LogP contribution in [0.1, 0.15) is 18.2 Å². The van der Waals surface area contributed by atoms with E-state index in [1.165, 1.54) is 17.8 Å². The lowest BCUT2D eigenvalue weighted by atomic mass is 10.1. The van der Waals surface area contributed by atoms with Crippen molar-refractivity contribution >= 4 is 22.4 Å². The molecule has 2 rings (SSSR count). The number of nitrogens with two attached hydrogens (primary N) is 1. The molecule has 2 heterocycles. The molecule has 0 saturated carbocycles. The molecule has 1 aromatic rings. The number of anilines is 1. The van der Waals surface area contributed by atoms with Crippen molar-refractivity contribution in [1.82, 2.24) is 9.88 Å². The summed E-state index contributed by atoms with van der Waals surface area (Å²) in [5.74, 6) is -0.396. The highest BCUT2D eigenvalue weighted by Gasteiger charge is 2.23. The first-order valence-electron chi connectivity index (χ1n) is 6.31. The molecule has 106 valence electrons. The molecule has 0 amide bonds. The third-order valence-electron chi connectivity index (χ3n) is 3.44. The van der Waals surface area contributed by atoms with Crippen LogP contribution in [0.25, 0.3) is 0 Å². The summed E-state index contributed by atoms with van der Waals surface area (Å²) < 4.78 is 0. The number of rotatable bonds is 5. The average molecular weight is 284 g/mol. The number of hydrogen-bond donors (Lipinski definition) is 2. The minimum absolute atomic E-state index is 0.433. The topological polar surface area (TPSA) is 82.7 Å². The van der Waals surface area contributed by atoms with Gasteiger partial charge in [0, 0.05) is 25.5 Å². The average Bonchev–Trinajstić information content (AvgIpc) is 2.97. The molecule has 1 aromatic heterocycles. The third kappa shape index (κ3) is 3.43. The maximum absolute atomic E-state index is 10.8. The van der Waals surface area contributed by atoms with Crippen molar-refractivity contribution in [2.45, 2.75) is 12.5 Å². The first-order valence-corrected chi connectivity index (χ1v) is 7.19. The van der Waals surface area contributed by atoms with Crippen LogP contribution < -0.4 is 10.6 Å². The second-order valence-electron chi connectivity index (χ2n) is 5.17. The van der Waals surface area contributed by atoms with Crippen LogP contribution >= 0.6 is 11.3 Å². The van der Waals surface area contributed by atoms with Crippen molar-refractivity contribution in [3.8, 4) is 0 Å². The van der Waals surface area contributed by atoms with Crippen LogP contribution in [-0.4, -0.2) is 54.7 Å². The van der Waals surface area contributed by atoms with Crippen LogP contribution in [0.15, 0.2) is 5.38 Å². The number of nitrogens with zero attached hydrogens (tertiary/aromatic N) is 3. The van der Waals surface area contributed by atoms with E-state index in [0.29, 0.717) is 11.6 Å². The maximum atomic E-state index is 10.8. The number of carbonyl (C=O) groups is 1. The largest absolute Gasteiger partial charge is 0.480 e. The molecule has 6 nitrogen and oxygen atoms in total. The van der Waals surface area contributed by atoms with Crippen molar-refractivity contribution < 1.29 is 9.90 Å². The van der Waals surface area contributed by atoms with Crippen LogP contribution in [0.2, 0.25) is 0 Å². The molecular formula is C12H20N4O2S. The fraction of sp³-hybridized carbons (Fsp3) is 0.667. The van der Waals surface area contributed by atoms with Gasteiger partial charge in [0.05, 0.1) is 5.69 Å². The molecular weight excluding hydrogens is 264 g/mol. The number of carboxylic acid groups (broad SMARTS) is 1. The van der Waals surface area contributed by atoms with Crippen LogP contribution in [0.5, 0.6) is 0 Å². The summed E-state index contributed by atoms with van der Waals surface area (Å²) in [7, 11) is 4.13. The van der Waals surface area contributed by atoms with Gasteiger partial charge in [0.25, 0.3) is 0 Å². The summed E-state index contributed by atoms with van der Waals surface area (Å²) in [5.41, 5.74) is 5.99. The van der Waals surface area contributed by atoms with Crippen molar-refractivity contribution in [3.05, 3.63) is 11.1 Å². The molecule has 0 aromatic carbocycles. The van der Waals surface area contributed by atoms with E-state index in [9.17, 15) is 4.79 Å². The molecule has 0 aliphatic carbocycles. The maximum Gasteiger partial charge on any atom is 0.326 e. The highest BCUT2D eigenvalue weighted by molar-refractivity contribution is 7.13. The third-order valence-corrected chi connectivity index (χ3v) is 4.42. The summed E-state index contributed by atoms with van der Waals surface area (Å²) in [6, 6.07) is -1.03. The second-order valence-corrected chi connectivity index (χ2v) is 6.00. The lowest BCUT2D eigenvalue weighted by Crippen LogP contribution is -2.27. The smallest absolute Gasteiger partial charge is 0.326 e. The molecule has 0 spiro atoms. The molecule has 2 atom stereocenters. The van der Waals surface area contributed by atoms with E-state index in [1.807, 2.05) is 7.05 Å². The number of hydrogen-bond acceptors (Lipinski definition) is 6. The predicted octanol–water partition coefficient (Wildman–Crippen LogP) is 0.615. The first kappa shape index (κ1) is 14.2. The van der Waals surface area contributed by atoms with Gasteiger partial charge in [0.2, 0.25) is 0 Å². The SMILES string of the molecule is CN1CCC(CN(C)c2nc(C(N)C(=O)O)cs2)C1. The molecule has 3 N–H and O–H groups in total. The predicted molar refractivity (Wildman–Crippen MR) is 75.6 cm³/mol. The van der Waals surface area contributed by atoms with Gasteiger partial charge in [-0.1, -0.05) is 0 Å². The Morgan fingerprint density at radius 2 is 2.53 bits per heavy atom. The van der Waals surface area contributed by atoms with Crippen LogP contribution in [0.4, 0.5) is 5.13 Å². The van der Waals surface area contributed by atoms with Crippen LogP contribution in [0, 0.1) is 5.92 Å². The van der Waals surface area contributed by atoms with Gasteiger partial charge in [-0.05, 0) is 25.9 Å². The fourth-order valence-corrected chi connectivity index (χ4v) is 3.20. The number of likely N-dealkylation sites (tertiary alicyclic amines) is 1. The Bertz CT molecular complexity index is 451. The summed E-state index contributed by atoms with van der Waals surface area (Å²) in [6.45, 7) is 3.20. The van der Waals surface area contributed by atoms with E-state index in [-0.39, 0.29) is 0 Å². The molecule has 0 radical (unpaired) electrons. The zero-order valence-electron chi connectivity index (χ0n) is 11.2. The number of aromatic nitrogens is 1. The summed E-state index contributed by atoms with van der Waals surface area (Å²) >= 11 is 1.45. The van der Waals surface area contributed by atoms with Gasteiger partial charge in [0.1, 0.15) is 6.04 Å². The summed E-state index contributed by atoms with van der Waals surface area (Å²) in [6.07, 6.45) is 1.20. The molecule has 19 heavy (non-hydrogen) atoms. The summed E-state index contributed by atoms with van der Waals surface area (Å²) in [5, 5.41) is 11.4. The van der Waals surface area contributed by atoms with Gasteiger partial charge in [-0.15, -0.1) is 11.3 Å². The van der Waals surface area contributed by atoms with Crippen LogP contribution in [0.3, 0.4) is 0 Å². The normalized spacial score (nSPS) is 21.5. The lowest BCUT2D eigenvalue weighted by Gasteiger charge is -2.20. The van der Waals surface area contributed by atoms with E-state index in [0.717, 1.165) is 24.8 Å². The molecule has 2 unspecified atom stereocenters. The number of thiazole rings is 1. The van der Waals surface area contributed by atoms with E-state index >= 15 is 0 Å². The van der Waals surface area contributed by atoms with Gasteiger partial charge in [0.15, 0.2) is 5.13 Å². The van der Waals surface area contributed by atoms with E-state index in [1.54, 1.807) is 5.38 Å². The van der Waals surface area contributed by atoms with Crippen molar-refractivity contribution in [2.24, 2.45) is 11.7 Å². The number of carboxylic acids is 1. The molecule has 1 saturated heterocycles. The fourth-order valence-electron chi connectivity index (χ4n) is 2.36. The van der Waals surface area contributed by atoms with Crippen molar-refractivity contribution in [2.75, 3.05) is 38.6 Å². The Kier molecular flexibility index (Phi) is 4.38. The Labute approximate surface area is 116 Å². The molecule has 0 bridgehead atoms. The number of aliphatic carboxylic acids is 1. The minimum Gasteiger partial charge on any atom is -0.480 e. The summed E-state index contributed by atoms with van der Waals surface area (Å²) in [4.78, 5) is 19.5.